The van der Waals surface area contributed by atoms with Gasteiger partial charge in [0.1, 0.15) is 18.2 Å². The zero-order valence-electron chi connectivity index (χ0n) is 23.2. The van der Waals surface area contributed by atoms with E-state index in [-0.39, 0.29) is 18.5 Å². The van der Waals surface area contributed by atoms with Gasteiger partial charge >= 0.3 is 0 Å². The van der Waals surface area contributed by atoms with Crippen molar-refractivity contribution >= 4 is 25.0 Å². The van der Waals surface area contributed by atoms with Crippen LogP contribution in [-0.4, -0.2) is 67.2 Å². The molecule has 3 heterocycles. The summed E-state index contributed by atoms with van der Waals surface area (Å²) in [5, 5.41) is 3.93. The van der Waals surface area contributed by atoms with E-state index in [9.17, 15) is 4.79 Å². The van der Waals surface area contributed by atoms with Gasteiger partial charge in [0.25, 0.3) is 5.91 Å². The molecule has 202 valence electrons. The van der Waals surface area contributed by atoms with Crippen molar-refractivity contribution in [2.45, 2.75) is 39.3 Å². The highest BCUT2D eigenvalue weighted by atomic mass is 28.3. The SMILES string of the molecule is Cc1ccc(-c2c(C(=O)NCCN(C)C)cc(-c3ccnc4[nH]ccc34)n2COCC[Si](C)(C)C)c(F)c1. The van der Waals surface area contributed by atoms with Crippen LogP contribution in [0, 0.1) is 12.7 Å². The van der Waals surface area contributed by atoms with Crippen molar-refractivity contribution < 1.29 is 13.9 Å². The quantitative estimate of drug-likeness (QED) is 0.189. The summed E-state index contributed by atoms with van der Waals surface area (Å²) < 4.78 is 23.6. The average molecular weight is 536 g/mol. The molecule has 0 aliphatic rings. The fourth-order valence-electron chi connectivity index (χ4n) is 4.39. The Morgan fingerprint density at radius 1 is 1.16 bits per heavy atom. The summed E-state index contributed by atoms with van der Waals surface area (Å²) in [6.07, 6.45) is 3.58. The predicted molar refractivity (Wildman–Crippen MR) is 155 cm³/mol. The lowest BCUT2D eigenvalue weighted by molar-refractivity contribution is 0.0891. The molecule has 0 spiro atoms. The number of likely N-dealkylation sites (N-methyl/N-ethyl adjacent to an activating group) is 1. The lowest BCUT2D eigenvalue weighted by Gasteiger charge is -2.19. The summed E-state index contributed by atoms with van der Waals surface area (Å²) >= 11 is 0. The molecule has 9 heteroatoms. The van der Waals surface area contributed by atoms with E-state index in [2.05, 4.69) is 34.9 Å². The maximum atomic E-state index is 15.5. The molecule has 0 fully saturated rings. The number of carbonyl (C=O) groups excluding carboxylic acids is 1. The summed E-state index contributed by atoms with van der Waals surface area (Å²) in [5.74, 6) is -0.620. The maximum absolute atomic E-state index is 15.5. The predicted octanol–water partition coefficient (Wildman–Crippen LogP) is 5.75. The Bertz CT molecular complexity index is 1420. The Balaban J connectivity index is 1.88. The number of pyridine rings is 1. The van der Waals surface area contributed by atoms with E-state index in [0.29, 0.717) is 36.5 Å². The van der Waals surface area contributed by atoms with Gasteiger partial charge in [-0.2, -0.15) is 0 Å². The molecule has 0 radical (unpaired) electrons. The number of aromatic nitrogens is 3. The number of rotatable bonds is 11. The summed E-state index contributed by atoms with van der Waals surface area (Å²) in [7, 11) is 2.61. The van der Waals surface area contributed by atoms with Crippen LogP contribution in [0.4, 0.5) is 4.39 Å². The van der Waals surface area contributed by atoms with Crippen LogP contribution in [0.1, 0.15) is 15.9 Å². The summed E-state index contributed by atoms with van der Waals surface area (Å²) in [5.41, 5.74) is 4.52. The molecule has 4 rings (SSSR count). The second-order valence-corrected chi connectivity index (χ2v) is 16.8. The molecule has 0 saturated heterocycles. The number of halogens is 1. The smallest absolute Gasteiger partial charge is 0.253 e. The minimum Gasteiger partial charge on any atom is -0.361 e. The van der Waals surface area contributed by atoms with E-state index >= 15 is 4.39 Å². The first kappa shape index (κ1) is 27.8. The van der Waals surface area contributed by atoms with Gasteiger partial charge in [-0.1, -0.05) is 25.7 Å². The van der Waals surface area contributed by atoms with E-state index in [4.69, 9.17) is 4.74 Å². The molecule has 38 heavy (non-hydrogen) atoms. The van der Waals surface area contributed by atoms with Crippen LogP contribution in [-0.2, 0) is 11.5 Å². The van der Waals surface area contributed by atoms with Gasteiger partial charge in [-0.15, -0.1) is 0 Å². The summed E-state index contributed by atoms with van der Waals surface area (Å²) in [6, 6.07) is 11.9. The van der Waals surface area contributed by atoms with Crippen LogP contribution in [0.5, 0.6) is 0 Å². The van der Waals surface area contributed by atoms with Gasteiger partial charge in [0.05, 0.1) is 17.0 Å². The normalized spacial score (nSPS) is 12.0. The van der Waals surface area contributed by atoms with Gasteiger partial charge in [-0.05, 0) is 63.0 Å². The molecular weight excluding hydrogens is 497 g/mol. The molecule has 3 aromatic heterocycles. The van der Waals surface area contributed by atoms with Crippen LogP contribution in [0.25, 0.3) is 33.5 Å². The van der Waals surface area contributed by atoms with Crippen molar-refractivity contribution in [1.82, 2.24) is 24.8 Å². The highest BCUT2D eigenvalue weighted by molar-refractivity contribution is 6.76. The lowest BCUT2D eigenvalue weighted by Crippen LogP contribution is -2.31. The fraction of sp³-hybridized carbons (Fsp3) is 0.379. The molecule has 2 N–H and O–H groups in total. The first-order valence-electron chi connectivity index (χ1n) is 13.0. The first-order chi connectivity index (χ1) is 18.0. The number of nitrogens with one attached hydrogen (secondary N) is 2. The number of carbonyl (C=O) groups is 1. The molecule has 7 nitrogen and oxygen atoms in total. The number of aromatic amines is 1. The van der Waals surface area contributed by atoms with Crippen LogP contribution in [0.2, 0.25) is 25.7 Å². The standard InChI is InChI=1S/C29H38FN5O2Si/c1-20-7-8-23(25(30)17-20)27-24(29(36)33-13-14-34(2)3)18-26(35(27)19-37-15-16-38(4,5)6)21-9-11-31-28-22(21)10-12-32-28/h7-12,17-18H,13-16,19H2,1-6H3,(H,31,32)(H,33,36). The van der Waals surface area contributed by atoms with Gasteiger partial charge in [0.2, 0.25) is 0 Å². The molecule has 0 saturated carbocycles. The Morgan fingerprint density at radius 2 is 1.95 bits per heavy atom. The molecule has 1 amide bonds. The third-order valence-corrected chi connectivity index (χ3v) is 8.22. The number of H-pyrrole nitrogens is 1. The van der Waals surface area contributed by atoms with Gasteiger partial charge in [0.15, 0.2) is 0 Å². The number of amides is 1. The van der Waals surface area contributed by atoms with Crippen molar-refractivity contribution in [2.75, 3.05) is 33.8 Å². The van der Waals surface area contributed by atoms with Gasteiger partial charge in [-0.25, -0.2) is 9.37 Å². The Kier molecular flexibility index (Phi) is 8.50. The van der Waals surface area contributed by atoms with Crippen molar-refractivity contribution in [3.8, 4) is 22.5 Å². The van der Waals surface area contributed by atoms with Crippen LogP contribution < -0.4 is 5.32 Å². The van der Waals surface area contributed by atoms with Gasteiger partial charge < -0.3 is 24.5 Å². The van der Waals surface area contributed by atoms with Gasteiger partial charge in [0, 0.05) is 56.7 Å². The maximum Gasteiger partial charge on any atom is 0.253 e. The van der Waals surface area contributed by atoms with Crippen molar-refractivity contribution in [3.05, 3.63) is 65.7 Å². The molecule has 4 aromatic rings. The van der Waals surface area contributed by atoms with E-state index in [0.717, 1.165) is 33.9 Å². The van der Waals surface area contributed by atoms with Crippen molar-refractivity contribution in [3.63, 3.8) is 0 Å². The number of hydrogen-bond acceptors (Lipinski definition) is 4. The molecule has 0 aliphatic heterocycles. The molecular formula is C29H38FN5O2Si. The summed E-state index contributed by atoms with van der Waals surface area (Å²) in [6.45, 7) is 10.7. The zero-order valence-corrected chi connectivity index (χ0v) is 24.2. The minimum absolute atomic E-state index is 0.196. The Hall–Kier alpha value is -3.27. The van der Waals surface area contributed by atoms with Crippen molar-refractivity contribution in [2.24, 2.45) is 0 Å². The Morgan fingerprint density at radius 3 is 2.66 bits per heavy atom. The van der Waals surface area contributed by atoms with E-state index in [1.807, 2.05) is 60.9 Å². The highest BCUT2D eigenvalue weighted by Crippen LogP contribution is 2.37. The average Bonchev–Trinajstić information content (AvgIpc) is 3.46. The van der Waals surface area contributed by atoms with E-state index < -0.39 is 8.07 Å². The molecule has 0 aliphatic carbocycles. The second-order valence-electron chi connectivity index (χ2n) is 11.2. The number of aryl methyl sites for hydroxylation is 1. The largest absolute Gasteiger partial charge is 0.361 e. The van der Waals surface area contributed by atoms with Gasteiger partial charge in [-0.3, -0.25) is 4.79 Å². The third-order valence-electron chi connectivity index (χ3n) is 6.52. The number of nitrogens with zero attached hydrogens (tertiary/aromatic N) is 3. The number of fused-ring (bicyclic) bond motifs is 1. The zero-order chi connectivity index (χ0) is 27.4. The molecule has 1 aromatic carbocycles. The Labute approximate surface area is 225 Å². The van der Waals surface area contributed by atoms with E-state index in [1.165, 1.54) is 6.07 Å². The molecule has 0 unspecified atom stereocenters. The number of benzene rings is 1. The van der Waals surface area contributed by atoms with Crippen molar-refractivity contribution in [1.29, 1.82) is 0 Å². The van der Waals surface area contributed by atoms with Crippen LogP contribution >= 0.6 is 0 Å². The molecule has 0 bridgehead atoms. The number of ether oxygens (including phenoxy) is 1. The van der Waals surface area contributed by atoms with E-state index in [1.54, 1.807) is 12.3 Å². The fourth-order valence-corrected chi connectivity index (χ4v) is 5.15. The number of hydrogen-bond donors (Lipinski definition) is 2. The molecule has 0 atom stereocenters. The highest BCUT2D eigenvalue weighted by Gasteiger charge is 2.26. The second kappa shape index (κ2) is 11.6. The monoisotopic (exact) mass is 535 g/mol. The third kappa shape index (κ3) is 6.40. The van der Waals surface area contributed by atoms with Crippen LogP contribution in [0.3, 0.4) is 0 Å². The first-order valence-corrected chi connectivity index (χ1v) is 16.7. The minimum atomic E-state index is -1.30. The lowest BCUT2D eigenvalue weighted by atomic mass is 10.0. The summed E-state index contributed by atoms with van der Waals surface area (Å²) in [4.78, 5) is 23.1. The van der Waals surface area contributed by atoms with Crippen LogP contribution in [0.15, 0.2) is 48.8 Å². The topological polar surface area (TPSA) is 75.2 Å².